The molecular formula is C20H24N6O. The molecule has 0 aromatic carbocycles. The Labute approximate surface area is 157 Å². The van der Waals surface area contributed by atoms with E-state index in [-0.39, 0.29) is 11.6 Å². The molecule has 0 saturated carbocycles. The van der Waals surface area contributed by atoms with Crippen LogP contribution in [0.1, 0.15) is 42.6 Å². The summed E-state index contributed by atoms with van der Waals surface area (Å²) in [7, 11) is 0. The van der Waals surface area contributed by atoms with E-state index in [1.165, 1.54) is 6.42 Å². The summed E-state index contributed by atoms with van der Waals surface area (Å²) >= 11 is 0. The summed E-state index contributed by atoms with van der Waals surface area (Å²) < 4.78 is 3.58. The second-order valence-electron chi connectivity index (χ2n) is 7.69. The lowest BCUT2D eigenvalue weighted by atomic mass is 9.97. The van der Waals surface area contributed by atoms with E-state index in [9.17, 15) is 4.79 Å². The number of hydrogen-bond donors (Lipinski definition) is 0. The topological polar surface area (TPSA) is 68.3 Å². The second kappa shape index (κ2) is 6.48. The lowest BCUT2D eigenvalue weighted by Gasteiger charge is -2.27. The summed E-state index contributed by atoms with van der Waals surface area (Å²) in [4.78, 5) is 19.5. The zero-order valence-electron chi connectivity index (χ0n) is 15.6. The molecule has 1 unspecified atom stereocenters. The molecule has 0 amide bonds. The summed E-state index contributed by atoms with van der Waals surface area (Å²) in [6.07, 6.45) is 8.25. The van der Waals surface area contributed by atoms with Crippen LogP contribution in [0.5, 0.6) is 0 Å². The average molecular weight is 364 g/mol. The maximum absolute atomic E-state index is 12.6. The van der Waals surface area contributed by atoms with Crippen LogP contribution >= 0.6 is 0 Å². The van der Waals surface area contributed by atoms with Crippen molar-refractivity contribution >= 4 is 11.5 Å². The van der Waals surface area contributed by atoms with Crippen molar-refractivity contribution in [3.05, 3.63) is 51.7 Å². The van der Waals surface area contributed by atoms with E-state index in [1.807, 2.05) is 23.6 Å². The largest absolute Gasteiger partial charge is 0.352 e. The Kier molecular flexibility index (Phi) is 3.95. The molecule has 0 bridgehead atoms. The third kappa shape index (κ3) is 2.91. The van der Waals surface area contributed by atoms with E-state index >= 15 is 0 Å². The van der Waals surface area contributed by atoms with Crippen LogP contribution in [0.2, 0.25) is 0 Å². The molecule has 0 spiro atoms. The summed E-state index contributed by atoms with van der Waals surface area (Å²) in [5.74, 6) is 1.05. The summed E-state index contributed by atoms with van der Waals surface area (Å²) in [6, 6.07) is 6.06. The molecule has 1 aliphatic heterocycles. The zero-order valence-corrected chi connectivity index (χ0v) is 15.6. The van der Waals surface area contributed by atoms with E-state index in [1.54, 1.807) is 10.9 Å². The fourth-order valence-corrected chi connectivity index (χ4v) is 4.48. The minimum absolute atomic E-state index is 0.0256. The van der Waals surface area contributed by atoms with Crippen molar-refractivity contribution in [3.8, 4) is 0 Å². The predicted octanol–water partition coefficient (Wildman–Crippen LogP) is 2.14. The lowest BCUT2D eigenvalue weighted by Crippen LogP contribution is -2.38. The van der Waals surface area contributed by atoms with Gasteiger partial charge >= 0.3 is 0 Å². The Morgan fingerprint density at radius 2 is 2.07 bits per heavy atom. The maximum Gasteiger partial charge on any atom is 0.267 e. The molecule has 1 fully saturated rings. The monoisotopic (exact) mass is 364 g/mol. The van der Waals surface area contributed by atoms with Crippen LogP contribution in [-0.4, -0.2) is 37.0 Å². The number of fused-ring (bicyclic) bond motifs is 2. The number of nitrogens with zero attached hydrogens (tertiary/aromatic N) is 6. The molecule has 0 N–H and O–H groups in total. The molecule has 2 aliphatic rings. The standard InChI is InChI=1S/C20H24N6O/c1-14-11-19(26-18(22-14)8-9-21-26)24-10-4-6-16(24)13-25-20(27)12-15-5-2-3-7-17(15)23-25/h8-9,11-12,16H,2-7,10,13H2,1H3. The first-order chi connectivity index (χ1) is 13.2. The highest BCUT2D eigenvalue weighted by molar-refractivity contribution is 5.51. The molecule has 1 atom stereocenters. The molecule has 27 heavy (non-hydrogen) atoms. The van der Waals surface area contributed by atoms with Crippen LogP contribution in [-0.2, 0) is 19.4 Å². The van der Waals surface area contributed by atoms with Crippen molar-refractivity contribution in [1.29, 1.82) is 0 Å². The van der Waals surface area contributed by atoms with Crippen LogP contribution in [0.25, 0.3) is 5.65 Å². The number of rotatable bonds is 3. The minimum atomic E-state index is 0.0256. The normalized spacial score (nSPS) is 19.6. The Balaban J connectivity index is 1.48. The lowest BCUT2D eigenvalue weighted by molar-refractivity contribution is 0.471. The maximum atomic E-state index is 12.6. The molecule has 5 rings (SSSR count). The summed E-state index contributed by atoms with van der Waals surface area (Å²) in [5.41, 5.74) is 4.12. The van der Waals surface area contributed by atoms with Crippen molar-refractivity contribution in [2.24, 2.45) is 0 Å². The number of aromatic nitrogens is 5. The van der Waals surface area contributed by atoms with E-state index in [0.717, 1.165) is 67.1 Å². The molecular weight excluding hydrogens is 340 g/mol. The van der Waals surface area contributed by atoms with E-state index in [4.69, 9.17) is 5.10 Å². The van der Waals surface area contributed by atoms with E-state index in [2.05, 4.69) is 21.0 Å². The van der Waals surface area contributed by atoms with Gasteiger partial charge in [0.05, 0.1) is 24.5 Å². The second-order valence-corrected chi connectivity index (χ2v) is 7.69. The Bertz CT molecular complexity index is 1050. The fourth-order valence-electron chi connectivity index (χ4n) is 4.48. The first-order valence-corrected chi connectivity index (χ1v) is 9.87. The van der Waals surface area contributed by atoms with Crippen LogP contribution in [0.4, 0.5) is 5.82 Å². The minimum Gasteiger partial charge on any atom is -0.352 e. The van der Waals surface area contributed by atoms with Gasteiger partial charge in [0.2, 0.25) is 0 Å². The third-order valence-corrected chi connectivity index (χ3v) is 5.80. The van der Waals surface area contributed by atoms with Crippen molar-refractivity contribution in [3.63, 3.8) is 0 Å². The van der Waals surface area contributed by atoms with E-state index in [0.29, 0.717) is 6.54 Å². The molecule has 3 aromatic rings. The molecule has 0 radical (unpaired) electrons. The van der Waals surface area contributed by atoms with Gasteiger partial charge in [0.1, 0.15) is 5.82 Å². The molecule has 140 valence electrons. The Hall–Kier alpha value is -2.70. The molecule has 7 heteroatoms. The highest BCUT2D eigenvalue weighted by Gasteiger charge is 2.28. The SMILES string of the molecule is Cc1cc(N2CCCC2Cn2nc3c(cc2=O)CCCC3)n2nccc2n1. The van der Waals surface area contributed by atoms with Gasteiger partial charge in [-0.1, -0.05) is 0 Å². The molecule has 1 aliphatic carbocycles. The van der Waals surface area contributed by atoms with Gasteiger partial charge in [-0.3, -0.25) is 4.79 Å². The Morgan fingerprint density at radius 3 is 3.00 bits per heavy atom. The highest BCUT2D eigenvalue weighted by Crippen LogP contribution is 2.27. The first kappa shape index (κ1) is 16.5. The quantitative estimate of drug-likeness (QED) is 0.712. The van der Waals surface area contributed by atoms with Gasteiger partial charge in [-0.05, 0) is 51.0 Å². The third-order valence-electron chi connectivity index (χ3n) is 5.80. The van der Waals surface area contributed by atoms with Crippen LogP contribution in [0, 0.1) is 6.92 Å². The smallest absolute Gasteiger partial charge is 0.267 e. The van der Waals surface area contributed by atoms with Gasteiger partial charge in [-0.2, -0.15) is 14.7 Å². The van der Waals surface area contributed by atoms with Gasteiger partial charge < -0.3 is 4.90 Å². The van der Waals surface area contributed by atoms with Gasteiger partial charge in [0, 0.05) is 30.4 Å². The Morgan fingerprint density at radius 1 is 1.19 bits per heavy atom. The number of anilines is 1. The zero-order chi connectivity index (χ0) is 18.4. The molecule has 7 nitrogen and oxygen atoms in total. The summed E-state index contributed by atoms with van der Waals surface area (Å²) in [6.45, 7) is 3.59. The van der Waals surface area contributed by atoms with Gasteiger partial charge in [0.15, 0.2) is 5.65 Å². The number of hydrogen-bond acceptors (Lipinski definition) is 5. The fraction of sp³-hybridized carbons (Fsp3) is 0.500. The van der Waals surface area contributed by atoms with Crippen molar-refractivity contribution < 1.29 is 0 Å². The molecule has 3 aromatic heterocycles. The highest BCUT2D eigenvalue weighted by atomic mass is 16.1. The predicted molar refractivity (Wildman–Crippen MR) is 103 cm³/mol. The van der Waals surface area contributed by atoms with Gasteiger partial charge in [-0.25, -0.2) is 9.67 Å². The van der Waals surface area contributed by atoms with Gasteiger partial charge in [0.25, 0.3) is 5.56 Å². The van der Waals surface area contributed by atoms with Crippen LogP contribution in [0.15, 0.2) is 29.2 Å². The summed E-state index contributed by atoms with van der Waals surface area (Å²) in [5, 5.41) is 9.17. The molecule has 4 heterocycles. The van der Waals surface area contributed by atoms with Crippen LogP contribution < -0.4 is 10.5 Å². The van der Waals surface area contributed by atoms with Crippen molar-refractivity contribution in [2.75, 3.05) is 11.4 Å². The molecule has 1 saturated heterocycles. The van der Waals surface area contributed by atoms with Gasteiger partial charge in [-0.15, -0.1) is 0 Å². The van der Waals surface area contributed by atoms with Crippen molar-refractivity contribution in [2.45, 2.75) is 58.0 Å². The average Bonchev–Trinajstić information content (AvgIpc) is 3.31. The van der Waals surface area contributed by atoms with Crippen LogP contribution in [0.3, 0.4) is 0 Å². The van der Waals surface area contributed by atoms with Crippen molar-refractivity contribution in [1.82, 2.24) is 24.4 Å². The number of aryl methyl sites for hydroxylation is 3. The van der Waals surface area contributed by atoms with E-state index < -0.39 is 0 Å². The first-order valence-electron chi connectivity index (χ1n) is 9.87.